The first-order valence-electron chi connectivity index (χ1n) is 10.3. The molecule has 2 aliphatic heterocycles. The predicted octanol–water partition coefficient (Wildman–Crippen LogP) is 0.655. The van der Waals surface area contributed by atoms with E-state index in [4.69, 9.17) is 14.2 Å². The number of carbonyl (C=O) groups is 3. The van der Waals surface area contributed by atoms with Crippen molar-refractivity contribution in [2.24, 2.45) is 5.92 Å². The maximum Gasteiger partial charge on any atom is 0.338 e. The predicted molar refractivity (Wildman–Crippen MR) is 109 cm³/mol. The summed E-state index contributed by atoms with van der Waals surface area (Å²) in [7, 11) is 0. The highest BCUT2D eigenvalue weighted by molar-refractivity contribution is 6.39. The molecule has 9 heteroatoms. The van der Waals surface area contributed by atoms with Gasteiger partial charge in [-0.2, -0.15) is 0 Å². The van der Waals surface area contributed by atoms with Gasteiger partial charge in [-0.3, -0.25) is 14.5 Å². The quantitative estimate of drug-likeness (QED) is 0.494. The number of anilines is 1. The van der Waals surface area contributed by atoms with Gasteiger partial charge in [0, 0.05) is 43.9 Å². The number of nitrogens with one attached hydrogen (secondary N) is 2. The van der Waals surface area contributed by atoms with E-state index in [2.05, 4.69) is 15.5 Å². The number of ether oxygens (including phenoxy) is 3. The van der Waals surface area contributed by atoms with Gasteiger partial charge in [0.1, 0.15) is 0 Å². The van der Waals surface area contributed by atoms with Crippen LogP contribution < -0.4 is 10.6 Å². The second kappa shape index (κ2) is 11.1. The number of esters is 1. The lowest BCUT2D eigenvalue weighted by Crippen LogP contribution is -2.53. The van der Waals surface area contributed by atoms with Gasteiger partial charge in [-0.1, -0.05) is 0 Å². The van der Waals surface area contributed by atoms with E-state index in [1.165, 1.54) is 0 Å². The number of morpholine rings is 1. The van der Waals surface area contributed by atoms with Gasteiger partial charge in [0.2, 0.25) is 0 Å². The van der Waals surface area contributed by atoms with Crippen LogP contribution in [0.25, 0.3) is 0 Å². The Bertz CT molecular complexity index is 727. The molecule has 1 aromatic rings. The minimum atomic E-state index is -0.748. The summed E-state index contributed by atoms with van der Waals surface area (Å²) in [6.07, 6.45) is 0.941. The Balaban J connectivity index is 1.52. The first-order valence-corrected chi connectivity index (χ1v) is 10.3. The van der Waals surface area contributed by atoms with Crippen LogP contribution in [-0.4, -0.2) is 81.4 Å². The van der Waals surface area contributed by atoms with Crippen LogP contribution in [0, 0.1) is 5.92 Å². The zero-order valence-electron chi connectivity index (χ0n) is 17.2. The first kappa shape index (κ1) is 22.2. The minimum Gasteiger partial charge on any atom is -0.462 e. The van der Waals surface area contributed by atoms with Gasteiger partial charge >= 0.3 is 17.8 Å². The van der Waals surface area contributed by atoms with E-state index in [9.17, 15) is 14.4 Å². The van der Waals surface area contributed by atoms with Gasteiger partial charge in [0.25, 0.3) is 0 Å². The molecule has 3 rings (SSSR count). The molecule has 2 N–H and O–H groups in total. The molecule has 2 saturated heterocycles. The summed E-state index contributed by atoms with van der Waals surface area (Å²) >= 11 is 0. The zero-order chi connectivity index (χ0) is 21.3. The molecule has 0 radical (unpaired) electrons. The Morgan fingerprint density at radius 3 is 2.47 bits per heavy atom. The highest BCUT2D eigenvalue weighted by Gasteiger charge is 2.32. The van der Waals surface area contributed by atoms with Crippen molar-refractivity contribution in [3.05, 3.63) is 29.8 Å². The Kier molecular flexibility index (Phi) is 8.18. The third-order valence-electron chi connectivity index (χ3n) is 5.36. The fraction of sp³-hybridized carbons (Fsp3) is 0.571. The molecule has 0 aliphatic carbocycles. The Labute approximate surface area is 176 Å². The van der Waals surface area contributed by atoms with Gasteiger partial charge in [-0.15, -0.1) is 0 Å². The molecule has 0 spiro atoms. The smallest absolute Gasteiger partial charge is 0.338 e. The number of carbonyl (C=O) groups excluding carboxylic acids is 3. The summed E-state index contributed by atoms with van der Waals surface area (Å²) in [6.45, 7) is 6.72. The second-order valence-corrected chi connectivity index (χ2v) is 7.30. The fourth-order valence-electron chi connectivity index (χ4n) is 3.73. The molecular formula is C21H29N3O6. The molecule has 1 aromatic carbocycles. The Morgan fingerprint density at radius 1 is 1.10 bits per heavy atom. The molecule has 0 bridgehead atoms. The average molecular weight is 419 g/mol. The van der Waals surface area contributed by atoms with Gasteiger partial charge in [-0.25, -0.2) is 4.79 Å². The maximum absolute atomic E-state index is 12.3. The number of nitrogens with zero attached hydrogens (tertiary/aromatic N) is 1. The van der Waals surface area contributed by atoms with E-state index < -0.39 is 17.8 Å². The number of hydrogen-bond acceptors (Lipinski definition) is 7. The fourth-order valence-corrected chi connectivity index (χ4v) is 3.73. The SMILES string of the molecule is CCOC(=O)c1ccc(NC(=O)C(=O)NC[C@@H]([C@H]2CCOC2)N2CCOCC2)cc1. The molecule has 2 amide bonds. The summed E-state index contributed by atoms with van der Waals surface area (Å²) in [6, 6.07) is 6.31. The molecule has 0 aromatic heterocycles. The van der Waals surface area contributed by atoms with Gasteiger partial charge in [-0.05, 0) is 37.6 Å². The van der Waals surface area contributed by atoms with Crippen LogP contribution in [0.15, 0.2) is 24.3 Å². The van der Waals surface area contributed by atoms with Gasteiger partial charge in [0.15, 0.2) is 0 Å². The molecule has 164 valence electrons. The van der Waals surface area contributed by atoms with E-state index in [1.54, 1.807) is 31.2 Å². The average Bonchev–Trinajstić information content (AvgIpc) is 3.30. The van der Waals surface area contributed by atoms with E-state index in [0.717, 1.165) is 26.1 Å². The lowest BCUT2D eigenvalue weighted by atomic mass is 9.97. The van der Waals surface area contributed by atoms with E-state index in [1.807, 2.05) is 0 Å². The molecule has 0 unspecified atom stereocenters. The van der Waals surface area contributed by atoms with E-state index in [-0.39, 0.29) is 12.6 Å². The van der Waals surface area contributed by atoms with Crippen molar-refractivity contribution in [3.63, 3.8) is 0 Å². The van der Waals surface area contributed by atoms with Crippen molar-refractivity contribution in [1.29, 1.82) is 0 Å². The van der Waals surface area contributed by atoms with Crippen molar-refractivity contribution in [2.45, 2.75) is 19.4 Å². The molecule has 30 heavy (non-hydrogen) atoms. The standard InChI is InChI=1S/C21H29N3O6/c1-2-30-21(27)15-3-5-17(6-4-15)23-20(26)19(25)22-13-18(16-7-10-29-14-16)24-8-11-28-12-9-24/h3-6,16,18H,2,7-14H2,1H3,(H,22,25)(H,23,26)/t16-,18-/m0/s1. The summed E-state index contributed by atoms with van der Waals surface area (Å²) in [5, 5.41) is 5.31. The molecule has 2 fully saturated rings. The number of benzene rings is 1. The van der Waals surface area contributed by atoms with Crippen molar-refractivity contribution >= 4 is 23.5 Å². The second-order valence-electron chi connectivity index (χ2n) is 7.30. The maximum atomic E-state index is 12.3. The van der Waals surface area contributed by atoms with Crippen molar-refractivity contribution < 1.29 is 28.6 Å². The zero-order valence-corrected chi connectivity index (χ0v) is 17.2. The summed E-state index contributed by atoms with van der Waals surface area (Å²) in [5.41, 5.74) is 0.809. The summed E-state index contributed by atoms with van der Waals surface area (Å²) < 4.78 is 15.9. The van der Waals surface area contributed by atoms with Gasteiger partial charge in [0.05, 0.1) is 32.0 Å². The first-order chi connectivity index (χ1) is 14.6. The molecular weight excluding hydrogens is 390 g/mol. The van der Waals surface area contributed by atoms with Crippen molar-refractivity contribution in [1.82, 2.24) is 10.2 Å². The van der Waals surface area contributed by atoms with Crippen LogP contribution in [0.1, 0.15) is 23.7 Å². The minimum absolute atomic E-state index is 0.108. The van der Waals surface area contributed by atoms with Crippen molar-refractivity contribution in [3.8, 4) is 0 Å². The molecule has 2 aliphatic rings. The number of hydrogen-bond donors (Lipinski definition) is 2. The normalized spacial score (nSPS) is 20.4. The van der Waals surface area contributed by atoms with E-state index in [0.29, 0.717) is 43.5 Å². The molecule has 2 atom stereocenters. The lowest BCUT2D eigenvalue weighted by Gasteiger charge is -2.37. The Hall–Kier alpha value is -2.49. The Morgan fingerprint density at radius 2 is 1.83 bits per heavy atom. The van der Waals surface area contributed by atoms with Crippen LogP contribution in [0.5, 0.6) is 0 Å². The summed E-state index contributed by atoms with van der Waals surface area (Å²) in [4.78, 5) is 38.6. The van der Waals surface area contributed by atoms with Crippen LogP contribution in [0.3, 0.4) is 0 Å². The molecule has 9 nitrogen and oxygen atoms in total. The molecule has 0 saturated carbocycles. The largest absolute Gasteiger partial charge is 0.462 e. The monoisotopic (exact) mass is 419 g/mol. The van der Waals surface area contributed by atoms with Crippen molar-refractivity contribution in [2.75, 3.05) is 58.0 Å². The van der Waals surface area contributed by atoms with Crippen LogP contribution in [0.4, 0.5) is 5.69 Å². The topological polar surface area (TPSA) is 106 Å². The lowest BCUT2D eigenvalue weighted by molar-refractivity contribution is -0.136. The number of amides is 2. The van der Waals surface area contributed by atoms with Crippen LogP contribution in [0.2, 0.25) is 0 Å². The van der Waals surface area contributed by atoms with Crippen LogP contribution in [-0.2, 0) is 23.8 Å². The third kappa shape index (κ3) is 6.01. The molecule has 2 heterocycles. The van der Waals surface area contributed by atoms with E-state index >= 15 is 0 Å². The van der Waals surface area contributed by atoms with Gasteiger partial charge < -0.3 is 24.8 Å². The number of rotatable bonds is 7. The summed E-state index contributed by atoms with van der Waals surface area (Å²) in [5.74, 6) is -1.55. The third-order valence-corrected chi connectivity index (χ3v) is 5.36. The van der Waals surface area contributed by atoms with Crippen LogP contribution >= 0.6 is 0 Å². The highest BCUT2D eigenvalue weighted by Crippen LogP contribution is 2.22. The highest BCUT2D eigenvalue weighted by atomic mass is 16.5.